The van der Waals surface area contributed by atoms with E-state index in [-0.39, 0.29) is 19.4 Å². The first-order chi connectivity index (χ1) is 11.6. The van der Waals surface area contributed by atoms with Crippen LogP contribution in [0.25, 0.3) is 5.65 Å². The number of carbonyl (C=O) groups excluding carboxylic acids is 1. The van der Waals surface area contributed by atoms with Gasteiger partial charge in [0.2, 0.25) is 0 Å². The molecule has 0 aromatic carbocycles. The molecule has 0 radical (unpaired) electrons. The third kappa shape index (κ3) is 3.00. The molecule has 5 nitrogen and oxygen atoms in total. The molecular weight excluding hydrogens is 400 g/mol. The summed E-state index contributed by atoms with van der Waals surface area (Å²) in [5, 5.41) is 6.49. The lowest BCUT2D eigenvalue weighted by Gasteiger charge is -2.33. The Morgan fingerprint density at radius 2 is 2.24 bits per heavy atom. The lowest BCUT2D eigenvalue weighted by Crippen LogP contribution is -2.38. The molecule has 25 heavy (non-hydrogen) atoms. The van der Waals surface area contributed by atoms with Crippen molar-refractivity contribution in [2.45, 2.75) is 40.2 Å². The zero-order valence-electron chi connectivity index (χ0n) is 13.5. The van der Waals surface area contributed by atoms with Gasteiger partial charge in [-0.15, -0.1) is 11.3 Å². The Morgan fingerprint density at radius 1 is 1.44 bits per heavy atom. The van der Waals surface area contributed by atoms with Crippen LogP contribution in [0.2, 0.25) is 0 Å². The van der Waals surface area contributed by atoms with Crippen molar-refractivity contribution in [1.82, 2.24) is 19.5 Å². The molecule has 0 spiro atoms. The highest BCUT2D eigenvalue weighted by atomic mass is 79.9. The first kappa shape index (κ1) is 18.1. The van der Waals surface area contributed by atoms with Gasteiger partial charge in [0.1, 0.15) is 10.3 Å². The summed E-state index contributed by atoms with van der Waals surface area (Å²) < 4.78 is 2.51. The van der Waals surface area contributed by atoms with E-state index in [4.69, 9.17) is 0 Å². The molecule has 132 valence electrons. The van der Waals surface area contributed by atoms with Crippen molar-refractivity contribution in [1.29, 1.82) is 0 Å². The highest BCUT2D eigenvalue weighted by Gasteiger charge is 2.30. The fourth-order valence-corrected chi connectivity index (χ4v) is 4.63. The van der Waals surface area contributed by atoms with Crippen molar-refractivity contribution in [3.05, 3.63) is 50.0 Å². The summed E-state index contributed by atoms with van der Waals surface area (Å²) in [5.74, 6) is -0.00567. The molecule has 7 heteroatoms. The number of rotatable bonds is 2. The van der Waals surface area contributed by atoms with Gasteiger partial charge in [0.05, 0.1) is 6.04 Å². The van der Waals surface area contributed by atoms with Crippen molar-refractivity contribution in [2.75, 3.05) is 6.54 Å². The number of fused-ring (bicyclic) bond motifs is 2. The first-order valence-corrected chi connectivity index (χ1v) is 9.68. The predicted octanol–water partition coefficient (Wildman–Crippen LogP) is 4.51. The summed E-state index contributed by atoms with van der Waals surface area (Å²) in [7, 11) is 0. The maximum atomic E-state index is 13.1. The molecule has 0 fully saturated rings. The minimum absolute atomic E-state index is 0. The first-order valence-electron chi connectivity index (χ1n) is 8.01. The van der Waals surface area contributed by atoms with E-state index in [1.54, 1.807) is 15.9 Å². The number of hydrogen-bond donors (Lipinski definition) is 0. The summed E-state index contributed by atoms with van der Waals surface area (Å²) >= 11 is 5.16. The van der Waals surface area contributed by atoms with Crippen LogP contribution in [0.1, 0.15) is 53.9 Å². The van der Waals surface area contributed by atoms with Gasteiger partial charge in [-0.2, -0.15) is 5.10 Å². The van der Waals surface area contributed by atoms with E-state index in [9.17, 15) is 4.79 Å². The third-order valence-electron chi connectivity index (χ3n) is 4.59. The van der Waals surface area contributed by atoms with Crippen LogP contribution in [0, 0.1) is 0 Å². The lowest BCUT2D eigenvalue weighted by molar-refractivity contribution is 0.0673. The number of carbonyl (C=O) groups is 1. The highest BCUT2D eigenvalue weighted by Crippen LogP contribution is 2.33. The lowest BCUT2D eigenvalue weighted by atomic mass is 10.0. The Bertz CT molecular complexity index is 932. The molecule has 4 heterocycles. The van der Waals surface area contributed by atoms with E-state index >= 15 is 0 Å². The van der Waals surface area contributed by atoms with Gasteiger partial charge >= 0.3 is 0 Å². The minimum atomic E-state index is -0.00567. The van der Waals surface area contributed by atoms with Crippen molar-refractivity contribution in [3.63, 3.8) is 0 Å². The fourth-order valence-electron chi connectivity index (χ4n) is 3.30. The van der Waals surface area contributed by atoms with Gasteiger partial charge in [-0.3, -0.25) is 4.79 Å². The standard InChI is InChI=1S/C17H17BrN4OS.CH4/c1-3-11-8-13(19-16-9-15(18)20-22(11)16)17(23)21-6-4-14-12(10(21)2)5-7-24-14;/h5,7-10H,3-4,6H2,1-2H3;1H4/t10-;/m1./s1. The van der Waals surface area contributed by atoms with Crippen LogP contribution >= 0.6 is 27.3 Å². The Hall–Kier alpha value is -1.73. The smallest absolute Gasteiger partial charge is 0.273 e. The average Bonchev–Trinajstić information content (AvgIpc) is 3.19. The summed E-state index contributed by atoms with van der Waals surface area (Å²) in [6, 6.07) is 5.93. The molecule has 0 unspecified atom stereocenters. The third-order valence-corrected chi connectivity index (χ3v) is 5.97. The van der Waals surface area contributed by atoms with Crippen LogP contribution in [0.15, 0.2) is 28.2 Å². The molecule has 1 atom stereocenters. The van der Waals surface area contributed by atoms with Gasteiger partial charge in [0.25, 0.3) is 5.91 Å². The molecule has 0 N–H and O–H groups in total. The van der Waals surface area contributed by atoms with Crippen LogP contribution in [-0.2, 0) is 12.8 Å². The molecule has 3 aromatic rings. The van der Waals surface area contributed by atoms with E-state index in [0.717, 1.165) is 29.7 Å². The second-order valence-corrected chi connectivity index (χ2v) is 7.76. The number of aryl methyl sites for hydroxylation is 1. The maximum absolute atomic E-state index is 13.1. The number of hydrogen-bond acceptors (Lipinski definition) is 4. The zero-order chi connectivity index (χ0) is 16.8. The molecule has 0 aliphatic carbocycles. The highest BCUT2D eigenvalue weighted by molar-refractivity contribution is 9.10. The predicted molar refractivity (Wildman–Crippen MR) is 104 cm³/mol. The van der Waals surface area contributed by atoms with Crippen LogP contribution in [0.3, 0.4) is 0 Å². The van der Waals surface area contributed by atoms with Crippen LogP contribution in [0.4, 0.5) is 0 Å². The number of thiophene rings is 1. The van der Waals surface area contributed by atoms with E-state index in [1.165, 1.54) is 10.4 Å². The van der Waals surface area contributed by atoms with Gasteiger partial charge in [0, 0.05) is 23.2 Å². The summed E-state index contributed by atoms with van der Waals surface area (Å²) in [5.41, 5.74) is 3.45. The van der Waals surface area contributed by atoms with Gasteiger partial charge in [-0.05, 0) is 58.8 Å². The summed E-state index contributed by atoms with van der Waals surface area (Å²) in [6.45, 7) is 4.89. The topological polar surface area (TPSA) is 50.5 Å². The second kappa shape index (κ2) is 6.88. The maximum Gasteiger partial charge on any atom is 0.273 e. The minimum Gasteiger partial charge on any atom is -0.330 e. The Labute approximate surface area is 159 Å². The molecule has 1 aliphatic heterocycles. The Balaban J connectivity index is 0.00000182. The van der Waals surface area contributed by atoms with E-state index in [0.29, 0.717) is 11.3 Å². The average molecular weight is 421 g/mol. The van der Waals surface area contributed by atoms with Crippen molar-refractivity contribution in [3.8, 4) is 0 Å². The molecule has 4 rings (SSSR count). The van der Waals surface area contributed by atoms with E-state index in [2.05, 4.69) is 51.3 Å². The van der Waals surface area contributed by atoms with Crippen molar-refractivity contribution < 1.29 is 4.79 Å². The molecular formula is C18H21BrN4OS. The number of nitrogens with zero attached hydrogens (tertiary/aromatic N) is 4. The van der Waals surface area contributed by atoms with Crippen molar-refractivity contribution >= 4 is 38.8 Å². The van der Waals surface area contributed by atoms with E-state index < -0.39 is 0 Å². The Kier molecular flexibility index (Phi) is 4.97. The monoisotopic (exact) mass is 420 g/mol. The molecule has 1 aliphatic rings. The zero-order valence-corrected chi connectivity index (χ0v) is 15.9. The van der Waals surface area contributed by atoms with Crippen LogP contribution in [0.5, 0.6) is 0 Å². The molecule has 0 saturated heterocycles. The van der Waals surface area contributed by atoms with Gasteiger partial charge in [-0.1, -0.05) is 14.4 Å². The summed E-state index contributed by atoms with van der Waals surface area (Å²) in [4.78, 5) is 20.9. The quantitative estimate of drug-likeness (QED) is 0.612. The molecule has 1 amide bonds. The molecule has 3 aromatic heterocycles. The van der Waals surface area contributed by atoms with Gasteiger partial charge in [0.15, 0.2) is 5.65 Å². The molecule has 0 bridgehead atoms. The van der Waals surface area contributed by atoms with Gasteiger partial charge < -0.3 is 4.90 Å². The fraction of sp³-hybridized carbons (Fsp3) is 0.389. The van der Waals surface area contributed by atoms with Gasteiger partial charge in [-0.25, -0.2) is 9.50 Å². The molecule has 0 saturated carbocycles. The Morgan fingerprint density at radius 3 is 3.00 bits per heavy atom. The normalized spacial score (nSPS) is 16.6. The second-order valence-electron chi connectivity index (χ2n) is 5.95. The summed E-state index contributed by atoms with van der Waals surface area (Å²) in [6.07, 6.45) is 1.71. The van der Waals surface area contributed by atoms with Crippen LogP contribution in [-0.4, -0.2) is 31.9 Å². The van der Waals surface area contributed by atoms with Crippen molar-refractivity contribution in [2.24, 2.45) is 0 Å². The number of amides is 1. The largest absolute Gasteiger partial charge is 0.330 e. The SMILES string of the molecule is C.CCc1cc(C(=O)N2CCc3sccc3[C@H]2C)nc2cc(Br)nn12. The number of halogens is 1. The number of aromatic nitrogens is 3. The van der Waals surface area contributed by atoms with Crippen LogP contribution < -0.4 is 0 Å². The van der Waals surface area contributed by atoms with E-state index in [1.807, 2.05) is 17.0 Å².